The molecule has 1 aliphatic heterocycles. The Bertz CT molecular complexity index is 646. The lowest BCUT2D eigenvalue weighted by atomic mass is 9.91. The van der Waals surface area contributed by atoms with E-state index in [4.69, 9.17) is 5.11 Å². The van der Waals surface area contributed by atoms with Gasteiger partial charge in [-0.3, -0.25) is 9.59 Å². The van der Waals surface area contributed by atoms with Crippen LogP contribution in [-0.2, 0) is 16.1 Å². The molecule has 2 amide bonds. The number of nitrogens with one attached hydrogen (secondary N) is 1. The van der Waals surface area contributed by atoms with Crippen LogP contribution >= 0.6 is 0 Å². The minimum atomic E-state index is -0.977. The van der Waals surface area contributed by atoms with Crippen molar-refractivity contribution in [1.82, 2.24) is 10.2 Å². The van der Waals surface area contributed by atoms with Gasteiger partial charge in [-0.15, -0.1) is 0 Å². The molecule has 0 radical (unpaired) electrons. The van der Waals surface area contributed by atoms with Gasteiger partial charge in [0.1, 0.15) is 6.04 Å². The first-order valence-corrected chi connectivity index (χ1v) is 8.57. The molecule has 2 N–H and O–H groups in total. The van der Waals surface area contributed by atoms with E-state index in [0.29, 0.717) is 25.9 Å². The smallest absolute Gasteiger partial charge is 0.335 e. The minimum absolute atomic E-state index is 0.0240. The van der Waals surface area contributed by atoms with Crippen LogP contribution in [0.15, 0.2) is 24.3 Å². The van der Waals surface area contributed by atoms with Gasteiger partial charge in [0.2, 0.25) is 11.8 Å². The number of carbonyl (C=O) groups is 3. The monoisotopic (exact) mass is 346 g/mol. The standard InChI is InChI=1S/C19H26N2O4/c1-19(2,3)11-16(22)21-10-4-5-15(21)17(23)20-12-13-6-8-14(9-7-13)18(24)25/h6-9,15H,4-5,10-12H2,1-3H3,(H,20,23)(H,24,25). The number of amides is 2. The zero-order chi connectivity index (χ0) is 18.6. The van der Waals surface area contributed by atoms with E-state index in [1.807, 2.05) is 20.8 Å². The number of carboxylic acid groups (broad SMARTS) is 1. The zero-order valence-corrected chi connectivity index (χ0v) is 15.0. The summed E-state index contributed by atoms with van der Waals surface area (Å²) in [5.74, 6) is -1.10. The van der Waals surface area contributed by atoms with E-state index in [0.717, 1.165) is 12.0 Å². The highest BCUT2D eigenvalue weighted by Crippen LogP contribution is 2.24. The molecule has 6 heteroatoms. The van der Waals surface area contributed by atoms with Gasteiger partial charge in [-0.1, -0.05) is 32.9 Å². The van der Waals surface area contributed by atoms with Crippen molar-refractivity contribution in [2.45, 2.75) is 52.6 Å². The zero-order valence-electron chi connectivity index (χ0n) is 15.0. The lowest BCUT2D eigenvalue weighted by Crippen LogP contribution is -2.46. The summed E-state index contributed by atoms with van der Waals surface area (Å²) < 4.78 is 0. The average molecular weight is 346 g/mol. The molecule has 0 bridgehead atoms. The number of rotatable bonds is 5. The van der Waals surface area contributed by atoms with Crippen LogP contribution in [0, 0.1) is 5.41 Å². The van der Waals surface area contributed by atoms with Gasteiger partial charge in [0, 0.05) is 19.5 Å². The number of aromatic carboxylic acids is 1. The summed E-state index contributed by atoms with van der Waals surface area (Å²) in [6.45, 7) is 6.97. The Kier molecular flexibility index (Phi) is 5.82. The predicted molar refractivity (Wildman–Crippen MR) is 94.1 cm³/mol. The van der Waals surface area contributed by atoms with Crippen molar-refractivity contribution in [3.05, 3.63) is 35.4 Å². The third-order valence-electron chi connectivity index (χ3n) is 4.22. The van der Waals surface area contributed by atoms with Gasteiger partial charge in [-0.05, 0) is 36.0 Å². The molecule has 6 nitrogen and oxygen atoms in total. The maximum atomic E-state index is 12.5. The van der Waals surface area contributed by atoms with Crippen molar-refractivity contribution in [1.29, 1.82) is 0 Å². The van der Waals surface area contributed by atoms with Gasteiger partial charge in [0.15, 0.2) is 0 Å². The van der Waals surface area contributed by atoms with Gasteiger partial charge in [0.25, 0.3) is 0 Å². The molecule has 1 heterocycles. The molecule has 1 aromatic rings. The van der Waals surface area contributed by atoms with Crippen molar-refractivity contribution in [3.63, 3.8) is 0 Å². The second kappa shape index (κ2) is 7.68. The lowest BCUT2D eigenvalue weighted by molar-refractivity contribution is -0.139. The first-order valence-electron chi connectivity index (χ1n) is 8.57. The number of carbonyl (C=O) groups excluding carboxylic acids is 2. The second-order valence-electron chi connectivity index (χ2n) is 7.70. The molecule has 0 aliphatic carbocycles. The molecule has 2 rings (SSSR count). The molecule has 1 aromatic carbocycles. The summed E-state index contributed by atoms with van der Waals surface area (Å²) in [6, 6.07) is 5.98. The first kappa shape index (κ1) is 19.0. The molecular weight excluding hydrogens is 320 g/mol. The molecule has 136 valence electrons. The number of nitrogens with zero attached hydrogens (tertiary/aromatic N) is 1. The fourth-order valence-corrected chi connectivity index (χ4v) is 2.97. The molecule has 1 atom stereocenters. The fourth-order valence-electron chi connectivity index (χ4n) is 2.97. The summed E-state index contributed by atoms with van der Waals surface area (Å²) in [7, 11) is 0. The lowest BCUT2D eigenvalue weighted by Gasteiger charge is -2.27. The highest BCUT2D eigenvalue weighted by Gasteiger charge is 2.35. The molecule has 0 aromatic heterocycles. The Hall–Kier alpha value is -2.37. The van der Waals surface area contributed by atoms with Crippen LogP contribution in [0.25, 0.3) is 0 Å². The van der Waals surface area contributed by atoms with Crippen molar-refractivity contribution in [3.8, 4) is 0 Å². The average Bonchev–Trinajstić information content (AvgIpc) is 3.01. The molecule has 1 aliphatic rings. The number of benzene rings is 1. The van der Waals surface area contributed by atoms with E-state index in [1.165, 1.54) is 12.1 Å². The van der Waals surface area contributed by atoms with E-state index < -0.39 is 12.0 Å². The topological polar surface area (TPSA) is 86.7 Å². The van der Waals surface area contributed by atoms with Gasteiger partial charge in [0.05, 0.1) is 5.56 Å². The Labute approximate surface area is 148 Å². The van der Waals surface area contributed by atoms with Crippen LogP contribution in [-0.4, -0.2) is 40.4 Å². The van der Waals surface area contributed by atoms with Gasteiger partial charge >= 0.3 is 5.97 Å². The van der Waals surface area contributed by atoms with E-state index in [9.17, 15) is 14.4 Å². The van der Waals surface area contributed by atoms with Crippen LogP contribution < -0.4 is 5.32 Å². The quantitative estimate of drug-likeness (QED) is 0.857. The van der Waals surface area contributed by atoms with Crippen molar-refractivity contribution >= 4 is 17.8 Å². The summed E-state index contributed by atoms with van der Waals surface area (Å²) in [6.07, 6.45) is 1.94. The number of hydrogen-bond donors (Lipinski definition) is 2. The van der Waals surface area contributed by atoms with Crippen LogP contribution in [0.2, 0.25) is 0 Å². The van der Waals surface area contributed by atoms with Gasteiger partial charge in [-0.25, -0.2) is 4.79 Å². The minimum Gasteiger partial charge on any atom is -0.478 e. The second-order valence-corrected chi connectivity index (χ2v) is 7.70. The van der Waals surface area contributed by atoms with E-state index >= 15 is 0 Å². The number of likely N-dealkylation sites (tertiary alicyclic amines) is 1. The molecule has 0 spiro atoms. The molecule has 1 unspecified atom stereocenters. The number of carboxylic acids is 1. The van der Waals surface area contributed by atoms with Crippen molar-refractivity contribution < 1.29 is 19.5 Å². The summed E-state index contributed by atoms with van der Waals surface area (Å²) in [5, 5.41) is 11.7. The van der Waals surface area contributed by atoms with Gasteiger partial charge < -0.3 is 15.3 Å². The molecule has 1 fully saturated rings. The third kappa shape index (κ3) is 5.31. The fraction of sp³-hybridized carbons (Fsp3) is 0.526. The highest BCUT2D eigenvalue weighted by atomic mass is 16.4. The van der Waals surface area contributed by atoms with E-state index in [1.54, 1.807) is 17.0 Å². The molecule has 0 saturated carbocycles. The SMILES string of the molecule is CC(C)(C)CC(=O)N1CCCC1C(=O)NCc1ccc(C(=O)O)cc1. The van der Waals surface area contributed by atoms with Crippen molar-refractivity contribution in [2.75, 3.05) is 6.54 Å². The summed E-state index contributed by atoms with van der Waals surface area (Å²) in [4.78, 5) is 37.4. The van der Waals surface area contributed by atoms with Crippen LogP contribution in [0.1, 0.15) is 56.0 Å². The Morgan fingerprint density at radius 2 is 1.84 bits per heavy atom. The largest absolute Gasteiger partial charge is 0.478 e. The van der Waals surface area contributed by atoms with E-state index in [2.05, 4.69) is 5.32 Å². The van der Waals surface area contributed by atoms with Gasteiger partial charge in [-0.2, -0.15) is 0 Å². The van der Waals surface area contributed by atoms with Crippen LogP contribution in [0.4, 0.5) is 0 Å². The Morgan fingerprint density at radius 1 is 1.20 bits per heavy atom. The third-order valence-corrected chi connectivity index (χ3v) is 4.22. The first-order chi connectivity index (χ1) is 11.7. The molecule has 25 heavy (non-hydrogen) atoms. The highest BCUT2D eigenvalue weighted by molar-refractivity contribution is 5.89. The predicted octanol–water partition coefficient (Wildman–Crippen LogP) is 2.43. The normalized spacial score (nSPS) is 17.4. The summed E-state index contributed by atoms with van der Waals surface area (Å²) >= 11 is 0. The maximum absolute atomic E-state index is 12.5. The molecule has 1 saturated heterocycles. The van der Waals surface area contributed by atoms with Crippen molar-refractivity contribution in [2.24, 2.45) is 5.41 Å². The Morgan fingerprint density at radius 3 is 2.40 bits per heavy atom. The maximum Gasteiger partial charge on any atom is 0.335 e. The van der Waals surface area contributed by atoms with Crippen LogP contribution in [0.3, 0.4) is 0 Å². The van der Waals surface area contributed by atoms with Crippen LogP contribution in [0.5, 0.6) is 0 Å². The Balaban J connectivity index is 1.93. The summed E-state index contributed by atoms with van der Waals surface area (Å²) in [5.41, 5.74) is 0.931. The number of hydrogen-bond acceptors (Lipinski definition) is 3. The molecular formula is C19H26N2O4. The van der Waals surface area contributed by atoms with E-state index in [-0.39, 0.29) is 22.8 Å².